The summed E-state index contributed by atoms with van der Waals surface area (Å²) in [5, 5.41) is 6.27. The third-order valence-electron chi connectivity index (χ3n) is 4.39. The molecule has 0 aliphatic heterocycles. The van der Waals surface area contributed by atoms with Gasteiger partial charge in [-0.1, -0.05) is 50.1 Å². The first-order valence-electron chi connectivity index (χ1n) is 7.54. The number of benzene rings is 2. The van der Waals surface area contributed by atoms with Crippen LogP contribution in [0.15, 0.2) is 42.5 Å². The fraction of sp³-hybridized carbons (Fsp3) is 0.444. The van der Waals surface area contributed by atoms with E-state index in [0.29, 0.717) is 0 Å². The number of fused-ring (bicyclic) bond motifs is 1. The summed E-state index contributed by atoms with van der Waals surface area (Å²) < 4.78 is 0. The minimum Gasteiger partial charge on any atom is -0.385 e. The molecular formula is C18H23N. The predicted octanol–water partition coefficient (Wildman–Crippen LogP) is 5.08. The molecule has 1 fully saturated rings. The molecule has 2 unspecified atom stereocenters. The van der Waals surface area contributed by atoms with Gasteiger partial charge in [0.25, 0.3) is 0 Å². The zero-order chi connectivity index (χ0) is 13.1. The fourth-order valence-electron chi connectivity index (χ4n) is 3.31. The van der Waals surface area contributed by atoms with Gasteiger partial charge in [-0.2, -0.15) is 0 Å². The van der Waals surface area contributed by atoms with E-state index in [1.54, 1.807) is 0 Å². The van der Waals surface area contributed by atoms with E-state index in [9.17, 15) is 0 Å². The number of nitrogens with one attached hydrogen (secondary N) is 1. The lowest BCUT2D eigenvalue weighted by Gasteiger charge is -2.27. The molecule has 0 aromatic heterocycles. The van der Waals surface area contributed by atoms with Gasteiger partial charge in [0.2, 0.25) is 0 Å². The van der Waals surface area contributed by atoms with Crippen LogP contribution in [0.3, 0.4) is 0 Å². The second-order valence-corrected chi connectivity index (χ2v) is 6.08. The second-order valence-electron chi connectivity index (χ2n) is 6.08. The average Bonchev–Trinajstić information content (AvgIpc) is 2.45. The van der Waals surface area contributed by atoms with Crippen LogP contribution in [-0.2, 0) is 0 Å². The topological polar surface area (TPSA) is 12.0 Å². The van der Waals surface area contributed by atoms with Gasteiger partial charge in [-0.05, 0) is 47.6 Å². The van der Waals surface area contributed by atoms with E-state index in [-0.39, 0.29) is 0 Å². The van der Waals surface area contributed by atoms with Gasteiger partial charge in [-0.25, -0.2) is 0 Å². The molecule has 100 valence electrons. The van der Waals surface area contributed by atoms with Crippen molar-refractivity contribution in [1.29, 1.82) is 0 Å². The van der Waals surface area contributed by atoms with Gasteiger partial charge < -0.3 is 5.32 Å². The normalized spacial score (nSPS) is 23.4. The summed E-state index contributed by atoms with van der Waals surface area (Å²) in [7, 11) is 0. The molecule has 19 heavy (non-hydrogen) atoms. The Kier molecular flexibility index (Phi) is 3.72. The highest BCUT2D eigenvalue weighted by Gasteiger charge is 2.18. The zero-order valence-corrected chi connectivity index (χ0v) is 11.7. The monoisotopic (exact) mass is 253 g/mol. The molecule has 0 heterocycles. The number of hydrogen-bond acceptors (Lipinski definition) is 1. The first-order valence-corrected chi connectivity index (χ1v) is 7.54. The molecule has 3 rings (SSSR count). The van der Waals surface area contributed by atoms with Crippen LogP contribution in [0.1, 0.15) is 32.6 Å². The number of rotatable bonds is 3. The first-order chi connectivity index (χ1) is 9.31. The van der Waals surface area contributed by atoms with Crippen molar-refractivity contribution in [3.05, 3.63) is 42.5 Å². The average molecular weight is 253 g/mol. The quantitative estimate of drug-likeness (QED) is 0.804. The van der Waals surface area contributed by atoms with Gasteiger partial charge in [-0.3, -0.25) is 0 Å². The van der Waals surface area contributed by atoms with Gasteiger partial charge in [0, 0.05) is 12.2 Å². The maximum Gasteiger partial charge on any atom is 0.0346 e. The minimum absolute atomic E-state index is 0.857. The molecule has 0 saturated heterocycles. The van der Waals surface area contributed by atoms with Crippen LogP contribution in [0.2, 0.25) is 0 Å². The summed E-state index contributed by atoms with van der Waals surface area (Å²) in [5.74, 6) is 1.77. The summed E-state index contributed by atoms with van der Waals surface area (Å²) in [5.41, 5.74) is 1.26. The first kappa shape index (κ1) is 12.5. The van der Waals surface area contributed by atoms with Crippen LogP contribution in [0, 0.1) is 11.8 Å². The van der Waals surface area contributed by atoms with Gasteiger partial charge in [0.05, 0.1) is 0 Å². The molecule has 1 aliphatic carbocycles. The standard InChI is InChI=1S/C18H23N/c1-14-5-4-6-15(11-14)13-19-18-10-9-16-7-2-3-8-17(16)12-18/h2-3,7-10,12,14-15,19H,4-6,11,13H2,1H3. The Bertz CT molecular complexity index is 546. The lowest BCUT2D eigenvalue weighted by molar-refractivity contribution is 0.293. The fourth-order valence-corrected chi connectivity index (χ4v) is 3.31. The van der Waals surface area contributed by atoms with Crippen LogP contribution in [-0.4, -0.2) is 6.54 Å². The molecule has 1 saturated carbocycles. The van der Waals surface area contributed by atoms with Crippen LogP contribution in [0.25, 0.3) is 10.8 Å². The van der Waals surface area contributed by atoms with Crippen molar-refractivity contribution in [3.8, 4) is 0 Å². The van der Waals surface area contributed by atoms with E-state index >= 15 is 0 Å². The molecule has 2 atom stereocenters. The number of anilines is 1. The highest BCUT2D eigenvalue weighted by molar-refractivity contribution is 5.85. The van der Waals surface area contributed by atoms with Crippen molar-refractivity contribution < 1.29 is 0 Å². The van der Waals surface area contributed by atoms with Gasteiger partial charge >= 0.3 is 0 Å². The van der Waals surface area contributed by atoms with Crippen molar-refractivity contribution in [2.24, 2.45) is 11.8 Å². The van der Waals surface area contributed by atoms with Gasteiger partial charge in [0.15, 0.2) is 0 Å². The molecule has 0 radical (unpaired) electrons. The Morgan fingerprint density at radius 1 is 1.05 bits per heavy atom. The summed E-state index contributed by atoms with van der Waals surface area (Å²) in [6.07, 6.45) is 5.61. The second kappa shape index (κ2) is 5.64. The Morgan fingerprint density at radius 3 is 2.74 bits per heavy atom. The molecule has 1 heteroatoms. The smallest absolute Gasteiger partial charge is 0.0346 e. The summed E-state index contributed by atoms with van der Waals surface area (Å²) >= 11 is 0. The van der Waals surface area contributed by atoms with Crippen LogP contribution < -0.4 is 5.32 Å². The molecule has 0 amide bonds. The third-order valence-corrected chi connectivity index (χ3v) is 4.39. The van der Waals surface area contributed by atoms with E-state index in [2.05, 4.69) is 54.7 Å². The molecule has 2 aromatic rings. The largest absolute Gasteiger partial charge is 0.385 e. The SMILES string of the molecule is CC1CCCC(CNc2ccc3ccccc3c2)C1. The van der Waals surface area contributed by atoms with Crippen LogP contribution >= 0.6 is 0 Å². The maximum absolute atomic E-state index is 3.63. The summed E-state index contributed by atoms with van der Waals surface area (Å²) in [6.45, 7) is 3.52. The van der Waals surface area contributed by atoms with Gasteiger partial charge in [0.1, 0.15) is 0 Å². The van der Waals surface area contributed by atoms with E-state index in [1.165, 1.54) is 42.1 Å². The highest BCUT2D eigenvalue weighted by atomic mass is 14.9. The predicted molar refractivity (Wildman–Crippen MR) is 83.6 cm³/mol. The third kappa shape index (κ3) is 3.09. The Balaban J connectivity index is 1.64. The van der Waals surface area contributed by atoms with Crippen LogP contribution in [0.5, 0.6) is 0 Å². The zero-order valence-electron chi connectivity index (χ0n) is 11.7. The van der Waals surface area contributed by atoms with Crippen LogP contribution in [0.4, 0.5) is 5.69 Å². The minimum atomic E-state index is 0.857. The van der Waals surface area contributed by atoms with E-state index in [1.807, 2.05) is 0 Å². The summed E-state index contributed by atoms with van der Waals surface area (Å²) in [6, 6.07) is 15.2. The van der Waals surface area contributed by atoms with E-state index in [0.717, 1.165) is 18.4 Å². The highest BCUT2D eigenvalue weighted by Crippen LogP contribution is 2.29. The number of hydrogen-bond donors (Lipinski definition) is 1. The van der Waals surface area contributed by atoms with Crippen molar-refractivity contribution in [1.82, 2.24) is 0 Å². The molecule has 1 N–H and O–H groups in total. The van der Waals surface area contributed by atoms with E-state index < -0.39 is 0 Å². The lowest BCUT2D eigenvalue weighted by atomic mass is 9.82. The Morgan fingerprint density at radius 2 is 1.89 bits per heavy atom. The molecule has 0 bridgehead atoms. The van der Waals surface area contributed by atoms with Crippen molar-refractivity contribution >= 4 is 16.5 Å². The Hall–Kier alpha value is -1.50. The van der Waals surface area contributed by atoms with Crippen molar-refractivity contribution in [2.45, 2.75) is 32.6 Å². The molecule has 2 aromatic carbocycles. The maximum atomic E-state index is 3.63. The van der Waals surface area contributed by atoms with Crippen molar-refractivity contribution in [3.63, 3.8) is 0 Å². The van der Waals surface area contributed by atoms with Gasteiger partial charge in [-0.15, -0.1) is 0 Å². The Labute approximate surface area is 116 Å². The summed E-state index contributed by atoms with van der Waals surface area (Å²) in [4.78, 5) is 0. The van der Waals surface area contributed by atoms with Crippen molar-refractivity contribution in [2.75, 3.05) is 11.9 Å². The molecule has 1 nitrogen and oxygen atoms in total. The lowest BCUT2D eigenvalue weighted by Crippen LogP contribution is -2.20. The molecule has 1 aliphatic rings. The van der Waals surface area contributed by atoms with E-state index in [4.69, 9.17) is 0 Å². The molecule has 0 spiro atoms. The molecular weight excluding hydrogens is 230 g/mol.